The fourth-order valence-electron chi connectivity index (χ4n) is 1.51. The van der Waals surface area contributed by atoms with Gasteiger partial charge in [0.2, 0.25) is 5.91 Å². The summed E-state index contributed by atoms with van der Waals surface area (Å²) in [5, 5.41) is 3.21. The molecule has 1 amide bonds. The summed E-state index contributed by atoms with van der Waals surface area (Å²) in [6.45, 7) is 1.93. The van der Waals surface area contributed by atoms with Crippen molar-refractivity contribution in [2.75, 3.05) is 19.8 Å². The van der Waals surface area contributed by atoms with Gasteiger partial charge >= 0.3 is 0 Å². The minimum atomic E-state index is -0.282. The first-order valence-corrected chi connectivity index (χ1v) is 5.50. The first-order valence-electron chi connectivity index (χ1n) is 5.50. The first kappa shape index (κ1) is 10.9. The van der Waals surface area contributed by atoms with Crippen LogP contribution >= 0.6 is 0 Å². The lowest BCUT2D eigenvalue weighted by Gasteiger charge is -2.26. The summed E-state index contributed by atoms with van der Waals surface area (Å²) >= 11 is 0. The van der Waals surface area contributed by atoms with Crippen molar-refractivity contribution in [3.63, 3.8) is 0 Å². The van der Waals surface area contributed by atoms with E-state index in [0.717, 1.165) is 12.8 Å². The number of rotatable bonds is 7. The maximum absolute atomic E-state index is 11.1. The van der Waals surface area contributed by atoms with Crippen molar-refractivity contribution < 1.29 is 14.3 Å². The summed E-state index contributed by atoms with van der Waals surface area (Å²) in [5.41, 5.74) is 5.29. The zero-order valence-corrected chi connectivity index (χ0v) is 8.78. The molecule has 2 rings (SSSR count). The third-order valence-corrected chi connectivity index (χ3v) is 2.73. The first-order chi connectivity index (χ1) is 7.25. The second kappa shape index (κ2) is 4.92. The highest BCUT2D eigenvalue weighted by Gasteiger charge is 2.27. The van der Waals surface area contributed by atoms with Gasteiger partial charge in [0.05, 0.1) is 19.3 Å². The van der Waals surface area contributed by atoms with Crippen LogP contribution in [-0.4, -0.2) is 43.9 Å². The van der Waals surface area contributed by atoms with Gasteiger partial charge in [-0.25, -0.2) is 0 Å². The van der Waals surface area contributed by atoms with Crippen LogP contribution in [0, 0.1) is 0 Å². The van der Waals surface area contributed by atoms with Crippen LogP contribution in [0.25, 0.3) is 0 Å². The quantitative estimate of drug-likeness (QED) is 0.593. The van der Waals surface area contributed by atoms with Gasteiger partial charge in [-0.2, -0.15) is 0 Å². The average Bonchev–Trinajstić information content (AvgIpc) is 2.90. The smallest absolute Gasteiger partial charge is 0.234 e. The molecule has 5 nitrogen and oxygen atoms in total. The highest BCUT2D eigenvalue weighted by atomic mass is 16.6. The maximum atomic E-state index is 11.1. The van der Waals surface area contributed by atoms with E-state index in [1.807, 2.05) is 0 Å². The number of nitrogens with one attached hydrogen (secondary N) is 1. The van der Waals surface area contributed by atoms with Crippen molar-refractivity contribution in [3.05, 3.63) is 0 Å². The van der Waals surface area contributed by atoms with E-state index in [2.05, 4.69) is 5.32 Å². The van der Waals surface area contributed by atoms with Crippen LogP contribution in [-0.2, 0) is 14.3 Å². The highest BCUT2D eigenvalue weighted by molar-refractivity contribution is 5.79. The van der Waals surface area contributed by atoms with Crippen molar-refractivity contribution in [2.24, 2.45) is 5.73 Å². The molecule has 0 aromatic heterocycles. The van der Waals surface area contributed by atoms with Crippen LogP contribution in [0.2, 0.25) is 0 Å². The molecule has 0 aromatic rings. The molecule has 0 bridgehead atoms. The van der Waals surface area contributed by atoms with Gasteiger partial charge in [-0.15, -0.1) is 0 Å². The van der Waals surface area contributed by atoms with Crippen LogP contribution in [0.1, 0.15) is 19.3 Å². The lowest BCUT2D eigenvalue weighted by molar-refractivity contribution is -0.133. The van der Waals surface area contributed by atoms with Gasteiger partial charge in [0.1, 0.15) is 6.10 Å². The molecule has 86 valence electrons. The largest absolute Gasteiger partial charge is 0.376 e. The number of primary amides is 1. The molecule has 3 N–H and O–H groups in total. The summed E-state index contributed by atoms with van der Waals surface area (Å²) in [6, 6.07) is 0.257. The van der Waals surface area contributed by atoms with E-state index in [4.69, 9.17) is 15.2 Å². The molecule has 5 heteroatoms. The van der Waals surface area contributed by atoms with Gasteiger partial charge in [-0.1, -0.05) is 0 Å². The zero-order valence-electron chi connectivity index (χ0n) is 8.78. The van der Waals surface area contributed by atoms with E-state index < -0.39 is 0 Å². The number of amides is 1. The average molecular weight is 214 g/mol. The standard InChI is InChI=1S/C10H18N2O3/c11-10(13)9(12-7-1-2-7)3-4-15-8-5-14-6-8/h7-9,12H,1-6H2,(H2,11,13). The monoisotopic (exact) mass is 214 g/mol. The maximum Gasteiger partial charge on any atom is 0.234 e. The molecular weight excluding hydrogens is 196 g/mol. The summed E-state index contributed by atoms with van der Waals surface area (Å²) in [5.74, 6) is -0.282. The van der Waals surface area contributed by atoms with Crippen molar-refractivity contribution in [2.45, 2.75) is 37.5 Å². The summed E-state index contributed by atoms with van der Waals surface area (Å²) < 4.78 is 10.5. The number of hydrogen-bond acceptors (Lipinski definition) is 4. The van der Waals surface area contributed by atoms with Crippen LogP contribution in [0.4, 0.5) is 0 Å². The second-order valence-corrected chi connectivity index (χ2v) is 4.21. The number of nitrogens with two attached hydrogens (primary N) is 1. The Kier molecular flexibility index (Phi) is 3.56. The van der Waals surface area contributed by atoms with Gasteiger partial charge < -0.3 is 20.5 Å². The van der Waals surface area contributed by atoms with Crippen LogP contribution in [0.3, 0.4) is 0 Å². The minimum absolute atomic E-state index is 0.222. The van der Waals surface area contributed by atoms with Gasteiger partial charge in [-0.3, -0.25) is 4.79 Å². The molecule has 1 aliphatic carbocycles. The molecule has 1 heterocycles. The molecule has 0 radical (unpaired) electrons. The van der Waals surface area contributed by atoms with Crippen molar-refractivity contribution in [1.29, 1.82) is 0 Å². The fourth-order valence-corrected chi connectivity index (χ4v) is 1.51. The molecule has 1 atom stereocenters. The van der Waals surface area contributed by atoms with Crippen molar-refractivity contribution in [3.8, 4) is 0 Å². The summed E-state index contributed by atoms with van der Waals surface area (Å²) in [7, 11) is 0. The van der Waals surface area contributed by atoms with Crippen LogP contribution < -0.4 is 11.1 Å². The zero-order chi connectivity index (χ0) is 10.7. The molecule has 1 saturated heterocycles. The Labute approximate surface area is 89.3 Å². The predicted octanol–water partition coefficient (Wildman–Crippen LogP) is -0.602. The lowest BCUT2D eigenvalue weighted by atomic mass is 10.2. The number of carbonyl (C=O) groups excluding carboxylic acids is 1. The molecule has 2 fully saturated rings. The Morgan fingerprint density at radius 3 is 2.73 bits per heavy atom. The van der Waals surface area contributed by atoms with E-state index in [9.17, 15) is 4.79 Å². The van der Waals surface area contributed by atoms with Crippen LogP contribution in [0.5, 0.6) is 0 Å². The van der Waals surface area contributed by atoms with Crippen LogP contribution in [0.15, 0.2) is 0 Å². The number of carbonyl (C=O) groups is 1. The van der Waals surface area contributed by atoms with Gasteiger partial charge in [0.25, 0.3) is 0 Å². The molecule has 1 unspecified atom stereocenters. The predicted molar refractivity (Wildman–Crippen MR) is 54.3 cm³/mol. The summed E-state index contributed by atoms with van der Waals surface area (Å²) in [6.07, 6.45) is 3.18. The third-order valence-electron chi connectivity index (χ3n) is 2.73. The Morgan fingerprint density at radius 1 is 1.53 bits per heavy atom. The second-order valence-electron chi connectivity index (χ2n) is 4.21. The number of hydrogen-bond donors (Lipinski definition) is 2. The molecule has 1 saturated carbocycles. The van der Waals surface area contributed by atoms with E-state index in [-0.39, 0.29) is 18.1 Å². The third kappa shape index (κ3) is 3.44. The van der Waals surface area contributed by atoms with Crippen molar-refractivity contribution >= 4 is 5.91 Å². The Bertz CT molecular complexity index is 227. The molecular formula is C10H18N2O3. The molecule has 15 heavy (non-hydrogen) atoms. The highest BCUT2D eigenvalue weighted by Crippen LogP contribution is 2.20. The molecule has 0 spiro atoms. The SMILES string of the molecule is NC(=O)C(CCOC1COC1)NC1CC1. The minimum Gasteiger partial charge on any atom is -0.376 e. The lowest BCUT2D eigenvalue weighted by Crippen LogP contribution is -2.44. The van der Waals surface area contributed by atoms with E-state index >= 15 is 0 Å². The molecule has 2 aliphatic rings. The van der Waals surface area contributed by atoms with Crippen molar-refractivity contribution in [1.82, 2.24) is 5.32 Å². The van der Waals surface area contributed by atoms with Gasteiger partial charge in [-0.05, 0) is 19.3 Å². The van der Waals surface area contributed by atoms with E-state index in [1.165, 1.54) is 0 Å². The molecule has 0 aromatic carbocycles. The normalized spacial score (nSPS) is 23.5. The summed E-state index contributed by atoms with van der Waals surface area (Å²) in [4.78, 5) is 11.1. The Morgan fingerprint density at radius 2 is 2.27 bits per heavy atom. The van der Waals surface area contributed by atoms with E-state index in [1.54, 1.807) is 0 Å². The molecule has 1 aliphatic heterocycles. The fraction of sp³-hybridized carbons (Fsp3) is 0.900. The Balaban J connectivity index is 1.61. The number of ether oxygens (including phenoxy) is 2. The van der Waals surface area contributed by atoms with E-state index in [0.29, 0.717) is 32.3 Å². The van der Waals surface area contributed by atoms with Gasteiger partial charge in [0, 0.05) is 12.6 Å². The topological polar surface area (TPSA) is 73.6 Å². The van der Waals surface area contributed by atoms with Gasteiger partial charge in [0.15, 0.2) is 0 Å². The Hall–Kier alpha value is -0.650.